The van der Waals surface area contributed by atoms with Gasteiger partial charge in [0.1, 0.15) is 0 Å². The van der Waals surface area contributed by atoms with E-state index in [2.05, 4.69) is 0 Å². The maximum absolute atomic E-state index is 11.6. The minimum absolute atomic E-state index is 0.0284. The molecule has 1 aliphatic rings. The molecule has 0 saturated carbocycles. The molecule has 0 bridgehead atoms. The molecule has 1 rings (SSSR count). The van der Waals surface area contributed by atoms with Gasteiger partial charge in [-0.25, -0.2) is 4.31 Å². The number of amides is 2. The van der Waals surface area contributed by atoms with E-state index in [1.165, 1.54) is 26.1 Å². The highest BCUT2D eigenvalue weighted by Crippen LogP contribution is 2.34. The van der Waals surface area contributed by atoms with Gasteiger partial charge >= 0.3 is 0 Å². The molecule has 0 aromatic carbocycles. The molecule has 2 amide bonds. The van der Waals surface area contributed by atoms with E-state index in [1.807, 2.05) is 20.1 Å². The van der Waals surface area contributed by atoms with Gasteiger partial charge in [0.15, 0.2) is 0 Å². The van der Waals surface area contributed by atoms with Crippen molar-refractivity contribution < 1.29 is 9.59 Å². The Labute approximate surface area is 86.2 Å². The molecular weight excluding hydrogens is 206 g/mol. The molecule has 0 radical (unpaired) electrons. The van der Waals surface area contributed by atoms with Crippen molar-refractivity contribution in [2.45, 2.75) is 20.3 Å². The third kappa shape index (κ3) is 2.20. The lowest BCUT2D eigenvalue weighted by molar-refractivity contribution is -0.133. The van der Waals surface area contributed by atoms with E-state index in [0.717, 1.165) is 0 Å². The zero-order chi connectivity index (χ0) is 10.0. The molecule has 74 valence electrons. The Morgan fingerprint density at radius 2 is 2.08 bits per heavy atom. The number of carbonyl (C=O) groups is 2. The van der Waals surface area contributed by atoms with Gasteiger partial charge in [0, 0.05) is 17.4 Å². The Bertz CT molecular complexity index is 230. The fourth-order valence-electron chi connectivity index (χ4n) is 1.31. The van der Waals surface area contributed by atoms with E-state index >= 15 is 0 Å². The van der Waals surface area contributed by atoms with Crippen molar-refractivity contribution in [3.05, 3.63) is 0 Å². The van der Waals surface area contributed by atoms with Crippen molar-refractivity contribution in [3.63, 3.8) is 0 Å². The predicted molar refractivity (Wildman–Crippen MR) is 55.9 cm³/mol. The molecule has 1 fully saturated rings. The van der Waals surface area contributed by atoms with Crippen LogP contribution in [0.25, 0.3) is 0 Å². The summed E-state index contributed by atoms with van der Waals surface area (Å²) in [6, 6.07) is 0. The van der Waals surface area contributed by atoms with Crippen LogP contribution in [0.3, 0.4) is 0 Å². The first-order valence-electron chi connectivity index (χ1n) is 4.15. The van der Waals surface area contributed by atoms with Gasteiger partial charge in [0.25, 0.3) is 0 Å². The number of hydrogen-bond donors (Lipinski definition) is 0. The van der Waals surface area contributed by atoms with Crippen LogP contribution in [0.5, 0.6) is 0 Å². The van der Waals surface area contributed by atoms with Crippen molar-refractivity contribution in [2.75, 3.05) is 6.26 Å². The van der Waals surface area contributed by atoms with E-state index < -0.39 is 0 Å². The quantitative estimate of drug-likeness (QED) is 0.413. The maximum Gasteiger partial charge on any atom is 0.243 e. The lowest BCUT2D eigenvalue weighted by Gasteiger charge is -2.13. The Hall–Kier alpha value is -0.160. The van der Waals surface area contributed by atoms with Gasteiger partial charge in [0.2, 0.25) is 11.8 Å². The summed E-state index contributed by atoms with van der Waals surface area (Å²) in [4.78, 5) is 23.0. The number of hydrogen-bond acceptors (Lipinski definition) is 4. The fraction of sp³-hybridized carbons (Fsp3) is 0.750. The van der Waals surface area contributed by atoms with E-state index in [0.29, 0.717) is 6.42 Å². The second kappa shape index (κ2) is 4.37. The van der Waals surface area contributed by atoms with Crippen molar-refractivity contribution >= 4 is 33.6 Å². The zero-order valence-corrected chi connectivity index (χ0v) is 9.58. The lowest BCUT2D eigenvalue weighted by atomic mass is 9.95. The van der Waals surface area contributed by atoms with Gasteiger partial charge < -0.3 is 0 Å². The molecule has 1 aliphatic heterocycles. The third-order valence-electron chi connectivity index (χ3n) is 2.09. The molecule has 0 aromatic heterocycles. The first kappa shape index (κ1) is 10.9. The molecule has 1 unspecified atom stereocenters. The summed E-state index contributed by atoms with van der Waals surface area (Å²) in [6.07, 6.45) is 2.23. The van der Waals surface area contributed by atoms with Crippen LogP contribution in [0, 0.1) is 11.8 Å². The van der Waals surface area contributed by atoms with Crippen molar-refractivity contribution in [1.82, 2.24) is 4.31 Å². The summed E-state index contributed by atoms with van der Waals surface area (Å²) in [5.74, 6) is 0.0680. The Balaban J connectivity index is 2.69. The van der Waals surface area contributed by atoms with Gasteiger partial charge in [-0.1, -0.05) is 24.6 Å². The highest BCUT2D eigenvalue weighted by atomic mass is 33.1. The molecule has 3 nitrogen and oxygen atoms in total. The molecule has 1 atom stereocenters. The highest BCUT2D eigenvalue weighted by molar-refractivity contribution is 8.75. The van der Waals surface area contributed by atoms with Crippen molar-refractivity contribution in [3.8, 4) is 0 Å². The molecule has 0 aliphatic carbocycles. The molecule has 0 aromatic rings. The van der Waals surface area contributed by atoms with Crippen LogP contribution < -0.4 is 0 Å². The van der Waals surface area contributed by atoms with Gasteiger partial charge in [-0.15, -0.1) is 0 Å². The Morgan fingerprint density at radius 3 is 2.46 bits per heavy atom. The zero-order valence-electron chi connectivity index (χ0n) is 7.94. The van der Waals surface area contributed by atoms with E-state index in [1.54, 1.807) is 0 Å². The second-order valence-electron chi connectivity index (χ2n) is 3.32. The van der Waals surface area contributed by atoms with E-state index in [4.69, 9.17) is 0 Å². The summed E-state index contributed by atoms with van der Waals surface area (Å²) in [6.45, 7) is 3.95. The van der Waals surface area contributed by atoms with Gasteiger partial charge in [-0.05, 0) is 12.2 Å². The molecule has 1 saturated heterocycles. The van der Waals surface area contributed by atoms with Crippen molar-refractivity contribution in [2.24, 2.45) is 11.8 Å². The number of nitrogens with zero attached hydrogens (tertiary/aromatic N) is 1. The minimum atomic E-state index is -0.104. The van der Waals surface area contributed by atoms with Crippen LogP contribution in [0.4, 0.5) is 0 Å². The Morgan fingerprint density at radius 1 is 1.46 bits per heavy atom. The normalized spacial score (nSPS) is 23.4. The monoisotopic (exact) mass is 219 g/mol. The largest absolute Gasteiger partial charge is 0.273 e. The topological polar surface area (TPSA) is 37.4 Å². The maximum atomic E-state index is 11.6. The minimum Gasteiger partial charge on any atom is -0.273 e. The summed E-state index contributed by atoms with van der Waals surface area (Å²) < 4.78 is 1.29. The van der Waals surface area contributed by atoms with Crippen LogP contribution in [0.15, 0.2) is 0 Å². The SMILES string of the molecule is CSSN1C(=O)CC(C(C)C)C1=O. The molecule has 1 heterocycles. The summed E-state index contributed by atoms with van der Waals surface area (Å²) in [7, 11) is 2.65. The lowest BCUT2D eigenvalue weighted by Crippen LogP contribution is -2.24. The molecular formula is C8H13NO2S2. The van der Waals surface area contributed by atoms with Gasteiger partial charge in [-0.3, -0.25) is 9.59 Å². The van der Waals surface area contributed by atoms with Crippen LogP contribution in [-0.2, 0) is 9.59 Å². The summed E-state index contributed by atoms with van der Waals surface area (Å²) in [5.41, 5.74) is 0. The predicted octanol–water partition coefficient (Wildman–Crippen LogP) is 1.94. The van der Waals surface area contributed by atoms with Gasteiger partial charge in [-0.2, -0.15) is 0 Å². The first-order chi connectivity index (χ1) is 6.07. The number of rotatable bonds is 3. The standard InChI is InChI=1S/C8H13NO2S2/c1-5(2)6-4-7(10)9(8(6)11)13-12-3/h5-6H,4H2,1-3H3. The van der Waals surface area contributed by atoms with Crippen LogP contribution in [-0.4, -0.2) is 22.4 Å². The van der Waals surface area contributed by atoms with E-state index in [-0.39, 0.29) is 23.7 Å². The van der Waals surface area contributed by atoms with E-state index in [9.17, 15) is 9.59 Å². The molecule has 0 spiro atoms. The smallest absolute Gasteiger partial charge is 0.243 e. The number of carbonyl (C=O) groups excluding carboxylic acids is 2. The van der Waals surface area contributed by atoms with Crippen LogP contribution >= 0.6 is 21.8 Å². The summed E-state index contributed by atoms with van der Waals surface area (Å²) >= 11 is 0. The second-order valence-corrected chi connectivity index (χ2v) is 5.62. The number of imide groups is 1. The summed E-state index contributed by atoms with van der Waals surface area (Å²) in [5, 5.41) is 0. The van der Waals surface area contributed by atoms with Crippen LogP contribution in [0.2, 0.25) is 0 Å². The Kier molecular flexibility index (Phi) is 3.67. The molecule has 0 N–H and O–H groups in total. The van der Waals surface area contributed by atoms with Crippen LogP contribution in [0.1, 0.15) is 20.3 Å². The van der Waals surface area contributed by atoms with Crippen molar-refractivity contribution in [1.29, 1.82) is 0 Å². The molecule has 13 heavy (non-hydrogen) atoms. The van der Waals surface area contributed by atoms with Gasteiger partial charge in [0.05, 0.1) is 5.92 Å². The molecule has 5 heteroatoms. The highest BCUT2D eigenvalue weighted by Gasteiger charge is 2.40. The average Bonchev–Trinajstić information content (AvgIpc) is 2.32. The average molecular weight is 219 g/mol. The fourth-order valence-corrected chi connectivity index (χ4v) is 2.74. The third-order valence-corrected chi connectivity index (χ3v) is 3.67. The first-order valence-corrected chi connectivity index (χ1v) is 6.67.